The fourth-order valence-corrected chi connectivity index (χ4v) is 2.44. The first-order valence-electron chi connectivity index (χ1n) is 9.12. The number of nitrogens with zero attached hydrogens (tertiary/aromatic N) is 1. The number of nitrogens with one attached hydrogen (secondary N) is 2. The number of aryl methyl sites for hydroxylation is 1. The number of rotatable bonds is 8. The smallest absolute Gasteiger partial charge is 0.329 e. The maximum atomic E-state index is 12.0. The number of anilines is 1. The van der Waals surface area contributed by atoms with Crippen molar-refractivity contribution in [1.29, 1.82) is 0 Å². The van der Waals surface area contributed by atoms with E-state index in [2.05, 4.69) is 15.8 Å². The first-order chi connectivity index (χ1) is 13.6. The van der Waals surface area contributed by atoms with Crippen molar-refractivity contribution in [2.45, 2.75) is 26.7 Å². The molecule has 2 rings (SSSR count). The van der Waals surface area contributed by atoms with E-state index in [-0.39, 0.29) is 0 Å². The lowest BCUT2D eigenvalue weighted by atomic mass is 10.1. The van der Waals surface area contributed by atoms with Crippen molar-refractivity contribution in [2.75, 3.05) is 19.0 Å². The Morgan fingerprint density at radius 3 is 2.57 bits per heavy atom. The Balaban J connectivity index is 1.96. The molecule has 0 aliphatic carbocycles. The van der Waals surface area contributed by atoms with Crippen molar-refractivity contribution in [3.05, 3.63) is 53.6 Å². The highest BCUT2D eigenvalue weighted by Gasteiger charge is 2.14. The van der Waals surface area contributed by atoms with Crippen LogP contribution >= 0.6 is 0 Å². The van der Waals surface area contributed by atoms with Gasteiger partial charge in [0.15, 0.2) is 11.5 Å². The standard InChI is InChI=1S/C21H25N3O4/c1-4-12-28-18-11-10-15(13-19(18)27-3)14-22-24-21(26)20(25)23-17-9-7-6-8-16(17)5-2/h6-11,13-14H,4-5,12H2,1-3H3,(H,23,25)(H,24,26)/b22-14-. The molecule has 0 aliphatic rings. The van der Waals surface area contributed by atoms with Crippen LogP contribution in [0.5, 0.6) is 11.5 Å². The van der Waals surface area contributed by atoms with Gasteiger partial charge in [-0.2, -0.15) is 5.10 Å². The highest BCUT2D eigenvalue weighted by atomic mass is 16.5. The molecular weight excluding hydrogens is 358 g/mol. The Morgan fingerprint density at radius 1 is 1.07 bits per heavy atom. The van der Waals surface area contributed by atoms with Crippen LogP contribution in [-0.4, -0.2) is 31.7 Å². The molecule has 7 heteroatoms. The normalized spacial score (nSPS) is 10.5. The van der Waals surface area contributed by atoms with Crippen LogP contribution in [0, 0.1) is 0 Å². The van der Waals surface area contributed by atoms with Crippen molar-refractivity contribution in [3.63, 3.8) is 0 Å². The van der Waals surface area contributed by atoms with E-state index < -0.39 is 11.8 Å². The van der Waals surface area contributed by atoms with Gasteiger partial charge in [-0.1, -0.05) is 32.0 Å². The molecule has 0 bridgehead atoms. The number of amides is 2. The maximum Gasteiger partial charge on any atom is 0.329 e. The fraction of sp³-hybridized carbons (Fsp3) is 0.286. The summed E-state index contributed by atoms with van der Waals surface area (Å²) in [6.45, 7) is 4.59. The van der Waals surface area contributed by atoms with Crippen molar-refractivity contribution in [1.82, 2.24) is 5.43 Å². The van der Waals surface area contributed by atoms with E-state index in [0.717, 1.165) is 18.4 Å². The summed E-state index contributed by atoms with van der Waals surface area (Å²) in [6.07, 6.45) is 3.07. The number of methoxy groups -OCH3 is 1. The topological polar surface area (TPSA) is 89.0 Å². The van der Waals surface area contributed by atoms with Crippen LogP contribution in [0.1, 0.15) is 31.4 Å². The summed E-state index contributed by atoms with van der Waals surface area (Å²) < 4.78 is 10.9. The lowest BCUT2D eigenvalue weighted by Crippen LogP contribution is -2.32. The number of carbonyl (C=O) groups is 2. The largest absolute Gasteiger partial charge is 0.493 e. The van der Waals surface area contributed by atoms with Crippen molar-refractivity contribution >= 4 is 23.7 Å². The summed E-state index contributed by atoms with van der Waals surface area (Å²) in [6, 6.07) is 12.6. The monoisotopic (exact) mass is 383 g/mol. The second-order valence-corrected chi connectivity index (χ2v) is 5.92. The molecule has 0 radical (unpaired) electrons. The van der Waals surface area contributed by atoms with E-state index in [9.17, 15) is 9.59 Å². The zero-order valence-corrected chi connectivity index (χ0v) is 16.3. The van der Waals surface area contributed by atoms with E-state index in [0.29, 0.717) is 29.4 Å². The Hall–Kier alpha value is -3.35. The number of benzene rings is 2. The molecule has 0 fully saturated rings. The van der Waals surface area contributed by atoms with Gasteiger partial charge in [0.25, 0.3) is 0 Å². The molecule has 2 amide bonds. The molecule has 7 nitrogen and oxygen atoms in total. The lowest BCUT2D eigenvalue weighted by Gasteiger charge is -2.10. The lowest BCUT2D eigenvalue weighted by molar-refractivity contribution is -0.136. The molecule has 0 aromatic heterocycles. The Bertz CT molecular complexity index is 849. The zero-order chi connectivity index (χ0) is 20.4. The number of hydrazone groups is 1. The molecule has 2 N–H and O–H groups in total. The van der Waals surface area contributed by atoms with Gasteiger partial charge < -0.3 is 14.8 Å². The van der Waals surface area contributed by atoms with Crippen LogP contribution < -0.4 is 20.2 Å². The van der Waals surface area contributed by atoms with Crippen LogP contribution in [0.3, 0.4) is 0 Å². The van der Waals surface area contributed by atoms with E-state index in [1.54, 1.807) is 37.4 Å². The van der Waals surface area contributed by atoms with E-state index in [1.807, 2.05) is 26.0 Å². The summed E-state index contributed by atoms with van der Waals surface area (Å²) in [4.78, 5) is 24.0. The Kier molecular flexibility index (Phi) is 8.02. The fourth-order valence-electron chi connectivity index (χ4n) is 2.44. The maximum absolute atomic E-state index is 12.0. The van der Waals surface area contributed by atoms with E-state index >= 15 is 0 Å². The van der Waals surface area contributed by atoms with Gasteiger partial charge in [0.05, 0.1) is 19.9 Å². The summed E-state index contributed by atoms with van der Waals surface area (Å²) in [5.74, 6) is -0.423. The Labute approximate surface area is 164 Å². The van der Waals surface area contributed by atoms with Gasteiger partial charge >= 0.3 is 11.8 Å². The average molecular weight is 383 g/mol. The first kappa shape index (κ1) is 21.0. The number of para-hydroxylation sites is 1. The van der Waals surface area contributed by atoms with Gasteiger partial charge in [-0.25, -0.2) is 5.43 Å². The molecule has 0 spiro atoms. The summed E-state index contributed by atoms with van der Waals surface area (Å²) >= 11 is 0. The summed E-state index contributed by atoms with van der Waals surface area (Å²) in [7, 11) is 1.55. The minimum absolute atomic E-state index is 0.567. The minimum atomic E-state index is -0.850. The number of hydrogen-bond acceptors (Lipinski definition) is 5. The number of hydrogen-bond donors (Lipinski definition) is 2. The number of carbonyl (C=O) groups excluding carboxylic acids is 2. The molecular formula is C21H25N3O4. The predicted molar refractivity (Wildman–Crippen MR) is 109 cm³/mol. The van der Waals surface area contributed by atoms with Gasteiger partial charge in [0.2, 0.25) is 0 Å². The molecule has 0 aliphatic heterocycles. The van der Waals surface area contributed by atoms with Crippen LogP contribution in [0.25, 0.3) is 0 Å². The first-order valence-corrected chi connectivity index (χ1v) is 9.12. The zero-order valence-electron chi connectivity index (χ0n) is 16.3. The third-order valence-corrected chi connectivity index (χ3v) is 3.88. The summed E-state index contributed by atoms with van der Waals surface area (Å²) in [5.41, 5.74) is 4.48. The molecule has 0 saturated carbocycles. The molecule has 148 valence electrons. The van der Waals surface area contributed by atoms with Gasteiger partial charge in [-0.3, -0.25) is 9.59 Å². The Morgan fingerprint density at radius 2 is 1.86 bits per heavy atom. The molecule has 0 atom stereocenters. The van der Waals surface area contributed by atoms with Crippen LogP contribution in [-0.2, 0) is 16.0 Å². The van der Waals surface area contributed by atoms with Gasteiger partial charge in [0, 0.05) is 5.69 Å². The highest BCUT2D eigenvalue weighted by Crippen LogP contribution is 2.27. The molecule has 28 heavy (non-hydrogen) atoms. The van der Waals surface area contributed by atoms with Crippen LogP contribution in [0.4, 0.5) is 5.69 Å². The van der Waals surface area contributed by atoms with Gasteiger partial charge in [-0.05, 0) is 48.2 Å². The molecule has 2 aromatic rings. The third-order valence-electron chi connectivity index (χ3n) is 3.88. The predicted octanol–water partition coefficient (Wildman–Crippen LogP) is 3.14. The third kappa shape index (κ3) is 5.84. The van der Waals surface area contributed by atoms with Crippen LogP contribution in [0.15, 0.2) is 47.6 Å². The van der Waals surface area contributed by atoms with Crippen molar-refractivity contribution in [3.8, 4) is 11.5 Å². The second kappa shape index (κ2) is 10.7. The van der Waals surface area contributed by atoms with Crippen molar-refractivity contribution in [2.24, 2.45) is 5.10 Å². The molecule has 0 unspecified atom stereocenters. The minimum Gasteiger partial charge on any atom is -0.493 e. The quantitative estimate of drug-likeness (QED) is 0.416. The number of ether oxygens (including phenoxy) is 2. The SMILES string of the molecule is CCCOc1ccc(/C=N\NC(=O)C(=O)Nc2ccccc2CC)cc1OC. The average Bonchev–Trinajstić information content (AvgIpc) is 2.72. The van der Waals surface area contributed by atoms with Gasteiger partial charge in [-0.15, -0.1) is 0 Å². The van der Waals surface area contributed by atoms with Crippen molar-refractivity contribution < 1.29 is 19.1 Å². The molecule has 2 aromatic carbocycles. The highest BCUT2D eigenvalue weighted by molar-refractivity contribution is 6.39. The van der Waals surface area contributed by atoms with Gasteiger partial charge in [0.1, 0.15) is 0 Å². The van der Waals surface area contributed by atoms with Crippen LogP contribution in [0.2, 0.25) is 0 Å². The molecule has 0 heterocycles. The van der Waals surface area contributed by atoms with E-state index in [1.165, 1.54) is 6.21 Å². The second-order valence-electron chi connectivity index (χ2n) is 5.92. The molecule has 0 saturated heterocycles. The van der Waals surface area contributed by atoms with E-state index in [4.69, 9.17) is 9.47 Å². The summed E-state index contributed by atoms with van der Waals surface area (Å²) in [5, 5.41) is 6.43.